The summed E-state index contributed by atoms with van der Waals surface area (Å²) in [5, 5.41) is 13.7. The topological polar surface area (TPSA) is 92.0 Å². The van der Waals surface area contributed by atoms with Gasteiger partial charge in [-0.2, -0.15) is 18.4 Å². The molecule has 2 aliphatic heterocycles. The molecule has 0 unspecified atom stereocenters. The number of nitriles is 1. The molecule has 3 aromatic rings. The van der Waals surface area contributed by atoms with E-state index in [2.05, 4.69) is 11.4 Å². The summed E-state index contributed by atoms with van der Waals surface area (Å²) in [5.74, 6) is -2.39. The van der Waals surface area contributed by atoms with Crippen molar-refractivity contribution >= 4 is 63.3 Å². The maximum absolute atomic E-state index is 14.1. The Hall–Kier alpha value is -4.48. The summed E-state index contributed by atoms with van der Waals surface area (Å²) in [6.07, 6.45) is -5.38. The van der Waals surface area contributed by atoms with Gasteiger partial charge in [-0.3, -0.25) is 18.9 Å². The van der Waals surface area contributed by atoms with Gasteiger partial charge in [0.25, 0.3) is 5.91 Å². The highest BCUT2D eigenvalue weighted by atomic mass is 32.2. The number of halogens is 4. The third-order valence-electron chi connectivity index (χ3n) is 7.08. The lowest BCUT2D eigenvalue weighted by molar-refractivity contribution is -0.170. The number of alkyl halides is 4. The van der Waals surface area contributed by atoms with E-state index >= 15 is 0 Å². The number of carbonyl (C=O) groups excluding carboxylic acids is 2. The molecule has 0 radical (unpaired) electrons. The van der Waals surface area contributed by atoms with E-state index in [9.17, 15) is 32.4 Å². The summed E-state index contributed by atoms with van der Waals surface area (Å²) in [4.78, 5) is 35.9. The molecule has 0 spiro atoms. The van der Waals surface area contributed by atoms with Crippen LogP contribution in [0.2, 0.25) is 0 Å². The van der Waals surface area contributed by atoms with Gasteiger partial charge in [0.05, 0.1) is 46.9 Å². The number of anilines is 3. The quantitative estimate of drug-likeness (QED) is 0.188. The standard InChI is InChI=1S/C32H28F4N6O2S2/c1-3-38-23-12-10-21(18-37)16-24(23)39-31-42(19-20-8-5-4-6-9-20)28(43)27(46-31)29-40(2)25-13-11-22(17-26(25)45-29)41(15-7-14-33)30(44)32(34,35)36/h4-6,8-13,16-17,38H,3,7,14-15,19H2,1-2H3/b29-27+,39-31?. The third kappa shape index (κ3) is 6.85. The van der Waals surface area contributed by atoms with Gasteiger partial charge in [0.15, 0.2) is 5.17 Å². The first-order valence-corrected chi connectivity index (χ1v) is 15.8. The van der Waals surface area contributed by atoms with Gasteiger partial charge in [-0.05, 0) is 67.1 Å². The molecule has 0 saturated carbocycles. The first-order chi connectivity index (χ1) is 22.0. The maximum atomic E-state index is 14.1. The molecular formula is C32H28F4N6O2S2. The van der Waals surface area contributed by atoms with Crippen molar-refractivity contribution in [3.05, 3.63) is 87.8 Å². The van der Waals surface area contributed by atoms with Crippen LogP contribution in [-0.2, 0) is 16.1 Å². The van der Waals surface area contributed by atoms with Crippen LogP contribution in [0.25, 0.3) is 0 Å². The number of benzene rings is 3. The second-order valence-electron chi connectivity index (χ2n) is 10.2. The van der Waals surface area contributed by atoms with Gasteiger partial charge >= 0.3 is 12.1 Å². The molecule has 238 valence electrons. The van der Waals surface area contributed by atoms with E-state index in [0.717, 1.165) is 17.3 Å². The molecule has 2 amide bonds. The highest BCUT2D eigenvalue weighted by Crippen LogP contribution is 2.51. The average molecular weight is 669 g/mol. The van der Waals surface area contributed by atoms with E-state index in [1.165, 1.54) is 23.9 Å². The fraction of sp³-hybridized carbons (Fsp3) is 0.250. The van der Waals surface area contributed by atoms with Crippen molar-refractivity contribution in [3.8, 4) is 6.07 Å². The largest absolute Gasteiger partial charge is 0.471 e. The number of rotatable bonds is 9. The van der Waals surface area contributed by atoms with Crippen LogP contribution < -0.4 is 15.1 Å². The lowest BCUT2D eigenvalue weighted by Gasteiger charge is -2.24. The molecule has 5 rings (SSSR count). The molecule has 1 fully saturated rings. The van der Waals surface area contributed by atoms with Crippen LogP contribution in [0.5, 0.6) is 0 Å². The van der Waals surface area contributed by atoms with E-state index < -0.39 is 25.3 Å². The molecule has 1 saturated heterocycles. The molecule has 46 heavy (non-hydrogen) atoms. The van der Waals surface area contributed by atoms with Gasteiger partial charge in [0.2, 0.25) is 0 Å². The van der Waals surface area contributed by atoms with E-state index in [1.807, 2.05) is 37.3 Å². The van der Waals surface area contributed by atoms with Crippen molar-refractivity contribution in [1.29, 1.82) is 5.26 Å². The zero-order valence-corrected chi connectivity index (χ0v) is 26.4. The smallest absolute Gasteiger partial charge is 0.384 e. The fourth-order valence-corrected chi connectivity index (χ4v) is 7.26. The van der Waals surface area contributed by atoms with Crippen LogP contribution in [0.15, 0.2) is 86.6 Å². The Balaban J connectivity index is 1.54. The maximum Gasteiger partial charge on any atom is 0.471 e. The van der Waals surface area contributed by atoms with Crippen LogP contribution >= 0.6 is 23.5 Å². The second-order valence-corrected chi connectivity index (χ2v) is 12.2. The number of amidine groups is 1. The van der Waals surface area contributed by atoms with E-state index in [1.54, 1.807) is 41.1 Å². The van der Waals surface area contributed by atoms with Crippen molar-refractivity contribution < 1.29 is 27.2 Å². The van der Waals surface area contributed by atoms with E-state index in [-0.39, 0.29) is 24.6 Å². The van der Waals surface area contributed by atoms with E-state index in [0.29, 0.717) is 54.1 Å². The van der Waals surface area contributed by atoms with Crippen molar-refractivity contribution in [3.63, 3.8) is 0 Å². The van der Waals surface area contributed by atoms with Crippen molar-refractivity contribution in [1.82, 2.24) is 4.90 Å². The Morgan fingerprint density at radius 1 is 1.09 bits per heavy atom. The van der Waals surface area contributed by atoms with Crippen LogP contribution in [0, 0.1) is 11.3 Å². The molecule has 0 aliphatic carbocycles. The van der Waals surface area contributed by atoms with Crippen LogP contribution in [-0.4, -0.2) is 54.9 Å². The molecule has 2 aliphatic rings. The Kier molecular flexibility index (Phi) is 9.93. The molecule has 1 N–H and O–H groups in total. The van der Waals surface area contributed by atoms with Gasteiger partial charge in [0, 0.05) is 30.7 Å². The number of hydrogen-bond acceptors (Lipinski definition) is 8. The number of aliphatic imine (C=N–C) groups is 1. The summed E-state index contributed by atoms with van der Waals surface area (Å²) in [6, 6.07) is 21.0. The summed E-state index contributed by atoms with van der Waals surface area (Å²) >= 11 is 2.35. The molecule has 0 bridgehead atoms. The number of thioether (sulfide) groups is 2. The highest BCUT2D eigenvalue weighted by Gasteiger charge is 2.44. The van der Waals surface area contributed by atoms with Crippen molar-refractivity contribution in [2.24, 2.45) is 4.99 Å². The Labute approximate surface area is 271 Å². The molecule has 3 aromatic carbocycles. The number of carbonyl (C=O) groups is 2. The van der Waals surface area contributed by atoms with Gasteiger partial charge in [-0.1, -0.05) is 42.1 Å². The van der Waals surface area contributed by atoms with Crippen molar-refractivity contribution in [2.45, 2.75) is 31.0 Å². The average Bonchev–Trinajstić information content (AvgIpc) is 3.52. The van der Waals surface area contributed by atoms with Gasteiger partial charge in [0.1, 0.15) is 4.91 Å². The molecule has 14 heteroatoms. The zero-order valence-electron chi connectivity index (χ0n) is 24.8. The van der Waals surface area contributed by atoms with Gasteiger partial charge < -0.3 is 15.1 Å². The first-order valence-electron chi connectivity index (χ1n) is 14.2. The van der Waals surface area contributed by atoms with E-state index in [4.69, 9.17) is 4.99 Å². The second kappa shape index (κ2) is 13.9. The molecular weight excluding hydrogens is 641 g/mol. The van der Waals surface area contributed by atoms with Crippen LogP contribution in [0.3, 0.4) is 0 Å². The minimum absolute atomic E-state index is 0.0200. The number of nitrogens with zero attached hydrogens (tertiary/aromatic N) is 5. The number of amides is 2. The third-order valence-corrected chi connectivity index (χ3v) is 9.50. The van der Waals surface area contributed by atoms with Crippen LogP contribution in [0.4, 0.5) is 40.3 Å². The SMILES string of the molecule is CCNc1ccc(C#N)cc1N=C1S/C(=C2/Sc3cc(N(CCCF)C(=O)C(F)(F)F)ccc3N2C)C(=O)N1Cc1ccccc1. The van der Waals surface area contributed by atoms with Crippen LogP contribution in [0.1, 0.15) is 24.5 Å². The molecule has 8 nitrogen and oxygen atoms in total. The lowest BCUT2D eigenvalue weighted by Crippen LogP contribution is -2.42. The molecule has 2 heterocycles. The minimum Gasteiger partial charge on any atom is -0.384 e. The predicted octanol–water partition coefficient (Wildman–Crippen LogP) is 7.42. The van der Waals surface area contributed by atoms with Crippen molar-refractivity contribution in [2.75, 3.05) is 41.9 Å². The normalized spacial score (nSPS) is 17.0. The molecule has 0 aromatic heterocycles. The summed E-state index contributed by atoms with van der Waals surface area (Å²) < 4.78 is 53.0. The molecule has 0 atom stereocenters. The summed E-state index contributed by atoms with van der Waals surface area (Å²) in [7, 11) is 1.74. The summed E-state index contributed by atoms with van der Waals surface area (Å²) in [5.41, 5.74) is 3.07. The Bertz CT molecular complexity index is 1760. The monoisotopic (exact) mass is 668 g/mol. The fourth-order valence-electron chi connectivity index (χ4n) is 4.89. The summed E-state index contributed by atoms with van der Waals surface area (Å²) in [6.45, 7) is 1.46. The predicted molar refractivity (Wildman–Crippen MR) is 174 cm³/mol. The zero-order chi connectivity index (χ0) is 33.0. The lowest BCUT2D eigenvalue weighted by atomic mass is 10.2. The Morgan fingerprint density at radius 3 is 2.52 bits per heavy atom. The Morgan fingerprint density at radius 2 is 1.85 bits per heavy atom. The number of fused-ring (bicyclic) bond motifs is 1. The van der Waals surface area contributed by atoms with Gasteiger partial charge in [-0.15, -0.1) is 0 Å². The minimum atomic E-state index is -5.13. The first kappa shape index (κ1) is 32.9. The number of hydrogen-bond donors (Lipinski definition) is 1. The van der Waals surface area contributed by atoms with Gasteiger partial charge in [-0.25, -0.2) is 4.99 Å². The number of nitrogens with one attached hydrogen (secondary N) is 1. The highest BCUT2D eigenvalue weighted by molar-refractivity contribution is 8.19.